The summed E-state index contributed by atoms with van der Waals surface area (Å²) < 4.78 is 5.90. The summed E-state index contributed by atoms with van der Waals surface area (Å²) in [6.45, 7) is 0. The molecule has 2 N–H and O–H groups in total. The molecule has 138 valence electrons. The standard InChI is InChI=1S/C18H16N4O3S2/c1-25-14-10-6-5-9-13(14)19-17-21-22-18(27-17)26-11-15(23)20-16(24)12-7-3-2-4-8-12/h2-10H,11H2,1H3,(H,19,21)(H,20,23,24). The molecule has 0 aliphatic rings. The Hall–Kier alpha value is -2.91. The molecule has 0 spiro atoms. The third kappa shape index (κ3) is 5.28. The van der Waals surface area contributed by atoms with E-state index >= 15 is 0 Å². The van der Waals surface area contributed by atoms with Gasteiger partial charge in [-0.1, -0.05) is 53.4 Å². The summed E-state index contributed by atoms with van der Waals surface area (Å²) in [7, 11) is 1.59. The highest BCUT2D eigenvalue weighted by atomic mass is 32.2. The molecule has 0 aliphatic carbocycles. The number of ether oxygens (including phenoxy) is 1. The van der Waals surface area contributed by atoms with Crippen LogP contribution in [-0.2, 0) is 4.79 Å². The predicted molar refractivity (Wildman–Crippen MR) is 106 cm³/mol. The average molecular weight is 400 g/mol. The van der Waals surface area contributed by atoms with Crippen LogP contribution in [0.25, 0.3) is 0 Å². The van der Waals surface area contributed by atoms with Crippen LogP contribution in [0.2, 0.25) is 0 Å². The Morgan fingerprint density at radius 1 is 1.07 bits per heavy atom. The van der Waals surface area contributed by atoms with E-state index < -0.39 is 5.91 Å². The van der Waals surface area contributed by atoms with Crippen molar-refractivity contribution >= 4 is 45.7 Å². The lowest BCUT2D eigenvalue weighted by Gasteiger charge is -2.07. The molecule has 0 radical (unpaired) electrons. The Morgan fingerprint density at radius 2 is 1.81 bits per heavy atom. The number of methoxy groups -OCH3 is 1. The molecule has 3 aromatic rings. The molecule has 1 aromatic heterocycles. The van der Waals surface area contributed by atoms with Gasteiger partial charge in [0.05, 0.1) is 18.6 Å². The van der Waals surface area contributed by atoms with E-state index in [1.165, 1.54) is 23.1 Å². The molecule has 7 nitrogen and oxygen atoms in total. The van der Waals surface area contributed by atoms with Crippen LogP contribution in [0.3, 0.4) is 0 Å². The van der Waals surface area contributed by atoms with E-state index in [0.29, 0.717) is 20.8 Å². The third-order valence-corrected chi connectivity index (χ3v) is 5.34. The lowest BCUT2D eigenvalue weighted by Crippen LogP contribution is -2.31. The number of hydrogen-bond donors (Lipinski definition) is 2. The average Bonchev–Trinajstić information content (AvgIpc) is 3.15. The monoisotopic (exact) mass is 400 g/mol. The van der Waals surface area contributed by atoms with Gasteiger partial charge in [-0.3, -0.25) is 14.9 Å². The molecule has 2 amide bonds. The highest BCUT2D eigenvalue weighted by Crippen LogP contribution is 2.31. The SMILES string of the molecule is COc1ccccc1Nc1nnc(SCC(=O)NC(=O)c2ccccc2)s1. The van der Waals surface area contributed by atoms with Gasteiger partial charge in [0.25, 0.3) is 5.91 Å². The molecular weight excluding hydrogens is 384 g/mol. The fourth-order valence-electron chi connectivity index (χ4n) is 2.13. The van der Waals surface area contributed by atoms with Crippen molar-refractivity contribution in [1.82, 2.24) is 15.5 Å². The molecule has 3 rings (SSSR count). The molecule has 0 fully saturated rings. The number of nitrogens with one attached hydrogen (secondary N) is 2. The van der Waals surface area contributed by atoms with E-state index in [0.717, 1.165) is 5.69 Å². The zero-order valence-electron chi connectivity index (χ0n) is 14.3. The van der Waals surface area contributed by atoms with Crippen LogP contribution in [0.15, 0.2) is 58.9 Å². The van der Waals surface area contributed by atoms with E-state index in [2.05, 4.69) is 20.8 Å². The topological polar surface area (TPSA) is 93.2 Å². The van der Waals surface area contributed by atoms with E-state index in [4.69, 9.17) is 4.74 Å². The summed E-state index contributed by atoms with van der Waals surface area (Å²) >= 11 is 2.53. The number of amides is 2. The summed E-state index contributed by atoms with van der Waals surface area (Å²) in [4.78, 5) is 23.9. The van der Waals surface area contributed by atoms with Crippen molar-refractivity contribution in [1.29, 1.82) is 0 Å². The summed E-state index contributed by atoms with van der Waals surface area (Å²) in [5.74, 6) is -0.0389. The Morgan fingerprint density at radius 3 is 2.59 bits per heavy atom. The molecule has 0 aliphatic heterocycles. The first-order chi connectivity index (χ1) is 13.2. The largest absolute Gasteiger partial charge is 0.495 e. The number of benzene rings is 2. The number of carbonyl (C=O) groups is 2. The van der Waals surface area contributed by atoms with Crippen LogP contribution >= 0.6 is 23.1 Å². The van der Waals surface area contributed by atoms with Crippen molar-refractivity contribution in [3.63, 3.8) is 0 Å². The van der Waals surface area contributed by atoms with Crippen molar-refractivity contribution in [2.24, 2.45) is 0 Å². The maximum Gasteiger partial charge on any atom is 0.257 e. The smallest absolute Gasteiger partial charge is 0.257 e. The Bertz CT molecular complexity index is 931. The molecule has 0 saturated carbocycles. The number of rotatable bonds is 7. The summed E-state index contributed by atoms with van der Waals surface area (Å²) in [6, 6.07) is 16.1. The number of para-hydroxylation sites is 2. The van der Waals surface area contributed by atoms with Crippen LogP contribution < -0.4 is 15.4 Å². The van der Waals surface area contributed by atoms with Crippen LogP contribution in [0, 0.1) is 0 Å². The molecular formula is C18H16N4O3S2. The lowest BCUT2D eigenvalue weighted by atomic mass is 10.2. The number of nitrogens with zero attached hydrogens (tertiary/aromatic N) is 2. The van der Waals surface area contributed by atoms with E-state index in [-0.39, 0.29) is 11.7 Å². The van der Waals surface area contributed by atoms with Crippen molar-refractivity contribution in [3.05, 3.63) is 60.2 Å². The first-order valence-corrected chi connectivity index (χ1v) is 9.71. The molecule has 0 atom stereocenters. The number of anilines is 2. The normalized spacial score (nSPS) is 10.3. The number of hydrogen-bond acceptors (Lipinski definition) is 8. The van der Waals surface area contributed by atoms with Gasteiger partial charge in [0.2, 0.25) is 11.0 Å². The van der Waals surface area contributed by atoms with Crippen LogP contribution in [0.5, 0.6) is 5.75 Å². The second kappa shape index (κ2) is 9.15. The highest BCUT2D eigenvalue weighted by molar-refractivity contribution is 8.01. The zero-order chi connectivity index (χ0) is 19.1. The second-order valence-corrected chi connectivity index (χ2v) is 7.43. The summed E-state index contributed by atoms with van der Waals surface area (Å²) in [6.07, 6.45) is 0. The third-order valence-electron chi connectivity index (χ3n) is 3.37. The summed E-state index contributed by atoms with van der Waals surface area (Å²) in [5.41, 5.74) is 1.22. The number of thioether (sulfide) groups is 1. The minimum Gasteiger partial charge on any atom is -0.495 e. The van der Waals surface area contributed by atoms with Gasteiger partial charge in [0.1, 0.15) is 5.75 Å². The summed E-state index contributed by atoms with van der Waals surface area (Å²) in [5, 5.41) is 14.2. The number of imide groups is 1. The Balaban J connectivity index is 1.52. The quantitative estimate of drug-likeness (QED) is 0.588. The fraction of sp³-hybridized carbons (Fsp3) is 0.111. The van der Waals surface area contributed by atoms with E-state index in [1.54, 1.807) is 37.4 Å². The van der Waals surface area contributed by atoms with Crippen LogP contribution in [0.1, 0.15) is 10.4 Å². The van der Waals surface area contributed by atoms with Gasteiger partial charge in [-0.05, 0) is 24.3 Å². The minimum absolute atomic E-state index is 0.0713. The van der Waals surface area contributed by atoms with Gasteiger partial charge in [0, 0.05) is 5.56 Å². The van der Waals surface area contributed by atoms with Crippen molar-refractivity contribution in [3.8, 4) is 5.75 Å². The molecule has 27 heavy (non-hydrogen) atoms. The molecule has 0 unspecified atom stereocenters. The van der Waals surface area contributed by atoms with E-state index in [9.17, 15) is 9.59 Å². The van der Waals surface area contributed by atoms with Crippen molar-refractivity contribution in [2.45, 2.75) is 4.34 Å². The molecule has 9 heteroatoms. The Kier molecular flexibility index (Phi) is 6.39. The van der Waals surface area contributed by atoms with Gasteiger partial charge < -0.3 is 10.1 Å². The van der Waals surface area contributed by atoms with Gasteiger partial charge in [-0.25, -0.2) is 0 Å². The maximum atomic E-state index is 12.0. The number of aromatic nitrogens is 2. The van der Waals surface area contributed by atoms with E-state index in [1.807, 2.05) is 24.3 Å². The Labute approximate surface area is 164 Å². The molecule has 0 saturated heterocycles. The first kappa shape index (κ1) is 18.9. The first-order valence-electron chi connectivity index (χ1n) is 7.91. The van der Waals surface area contributed by atoms with Crippen LogP contribution in [0.4, 0.5) is 10.8 Å². The molecule has 1 heterocycles. The predicted octanol–water partition coefficient (Wildman–Crippen LogP) is 3.34. The fourth-order valence-corrected chi connectivity index (χ4v) is 3.70. The second-order valence-electron chi connectivity index (χ2n) is 5.23. The van der Waals surface area contributed by atoms with Crippen molar-refractivity contribution in [2.75, 3.05) is 18.2 Å². The van der Waals surface area contributed by atoms with Gasteiger partial charge >= 0.3 is 0 Å². The molecule has 2 aromatic carbocycles. The maximum absolute atomic E-state index is 12.0. The zero-order valence-corrected chi connectivity index (χ0v) is 16.0. The number of carbonyl (C=O) groups excluding carboxylic acids is 2. The van der Waals surface area contributed by atoms with Gasteiger partial charge in [-0.2, -0.15) is 0 Å². The highest BCUT2D eigenvalue weighted by Gasteiger charge is 2.13. The minimum atomic E-state index is -0.419. The molecule has 0 bridgehead atoms. The van der Waals surface area contributed by atoms with Crippen molar-refractivity contribution < 1.29 is 14.3 Å². The van der Waals surface area contributed by atoms with Gasteiger partial charge in [0.15, 0.2) is 4.34 Å². The lowest BCUT2D eigenvalue weighted by molar-refractivity contribution is -0.117. The van der Waals surface area contributed by atoms with Gasteiger partial charge in [-0.15, -0.1) is 10.2 Å². The van der Waals surface area contributed by atoms with Crippen LogP contribution in [-0.4, -0.2) is 34.9 Å².